The van der Waals surface area contributed by atoms with Crippen LogP contribution in [0.3, 0.4) is 0 Å². The molecule has 4 heteroatoms. The number of likely N-dealkylation sites (tertiary alicyclic amines) is 2. The Bertz CT molecular complexity index is 595. The molecule has 0 unspecified atom stereocenters. The summed E-state index contributed by atoms with van der Waals surface area (Å²) in [6.45, 7) is 3.46. The molecule has 0 aromatic heterocycles. The normalized spacial score (nSPS) is 25.6. The standard InChI is InChI=1S/C18H24N2O2/c1-14-6-3-7-15(12-14)17(22)20-11-5-10-18(13-20)9-4-8-16(21)19(18)2/h3,6-7,12H,4-5,8-11,13H2,1-2H3/t18-/m1/s1. The highest BCUT2D eigenvalue weighted by molar-refractivity contribution is 5.94. The first-order valence-corrected chi connectivity index (χ1v) is 8.14. The Balaban J connectivity index is 1.81. The van der Waals surface area contributed by atoms with Crippen molar-refractivity contribution in [3.8, 4) is 0 Å². The average molecular weight is 300 g/mol. The predicted molar refractivity (Wildman–Crippen MR) is 85.7 cm³/mol. The molecule has 2 amide bonds. The smallest absolute Gasteiger partial charge is 0.253 e. The number of hydrogen-bond donors (Lipinski definition) is 0. The van der Waals surface area contributed by atoms with E-state index in [-0.39, 0.29) is 17.4 Å². The number of aryl methyl sites for hydroxylation is 1. The third kappa shape index (κ3) is 2.62. The van der Waals surface area contributed by atoms with E-state index < -0.39 is 0 Å². The van der Waals surface area contributed by atoms with Gasteiger partial charge in [0.05, 0.1) is 5.54 Å². The number of benzene rings is 1. The van der Waals surface area contributed by atoms with Crippen LogP contribution in [0.2, 0.25) is 0 Å². The third-order valence-corrected chi connectivity index (χ3v) is 5.23. The van der Waals surface area contributed by atoms with E-state index in [9.17, 15) is 9.59 Å². The summed E-state index contributed by atoms with van der Waals surface area (Å²) in [6.07, 6.45) is 4.56. The Morgan fingerprint density at radius 2 is 2.00 bits per heavy atom. The Kier molecular flexibility index (Phi) is 3.94. The quantitative estimate of drug-likeness (QED) is 0.800. The molecule has 1 aromatic carbocycles. The molecule has 1 aromatic rings. The number of hydrogen-bond acceptors (Lipinski definition) is 2. The lowest BCUT2D eigenvalue weighted by atomic mass is 9.80. The Morgan fingerprint density at radius 3 is 2.77 bits per heavy atom. The van der Waals surface area contributed by atoms with Gasteiger partial charge in [-0.15, -0.1) is 0 Å². The van der Waals surface area contributed by atoms with E-state index in [1.165, 1.54) is 0 Å². The first kappa shape index (κ1) is 15.1. The largest absolute Gasteiger partial charge is 0.338 e. The molecule has 2 fully saturated rings. The molecule has 118 valence electrons. The molecule has 1 atom stereocenters. The van der Waals surface area contributed by atoms with E-state index in [0.29, 0.717) is 13.0 Å². The molecular formula is C18H24N2O2. The summed E-state index contributed by atoms with van der Waals surface area (Å²) in [5.74, 6) is 0.310. The average Bonchev–Trinajstić information content (AvgIpc) is 2.52. The molecule has 4 nitrogen and oxygen atoms in total. The highest BCUT2D eigenvalue weighted by Crippen LogP contribution is 2.36. The molecule has 22 heavy (non-hydrogen) atoms. The first-order valence-electron chi connectivity index (χ1n) is 8.14. The topological polar surface area (TPSA) is 40.6 Å². The summed E-state index contributed by atoms with van der Waals surface area (Å²) in [4.78, 5) is 28.7. The van der Waals surface area contributed by atoms with E-state index in [2.05, 4.69) is 0 Å². The summed E-state index contributed by atoms with van der Waals surface area (Å²) in [7, 11) is 1.90. The zero-order valence-electron chi connectivity index (χ0n) is 13.5. The monoisotopic (exact) mass is 300 g/mol. The van der Waals surface area contributed by atoms with Gasteiger partial charge >= 0.3 is 0 Å². The van der Waals surface area contributed by atoms with Crippen LogP contribution in [-0.2, 0) is 4.79 Å². The van der Waals surface area contributed by atoms with E-state index in [0.717, 1.165) is 43.4 Å². The van der Waals surface area contributed by atoms with Crippen LogP contribution in [0, 0.1) is 6.92 Å². The van der Waals surface area contributed by atoms with Gasteiger partial charge in [-0.2, -0.15) is 0 Å². The molecule has 2 aliphatic heterocycles. The second kappa shape index (κ2) is 5.75. The van der Waals surface area contributed by atoms with Gasteiger partial charge < -0.3 is 9.80 Å². The lowest BCUT2D eigenvalue weighted by Gasteiger charge is -2.50. The molecule has 0 bridgehead atoms. The number of likely N-dealkylation sites (N-methyl/N-ethyl adjacent to an activating group) is 1. The van der Waals surface area contributed by atoms with Gasteiger partial charge in [0.2, 0.25) is 5.91 Å². The fraction of sp³-hybridized carbons (Fsp3) is 0.556. The van der Waals surface area contributed by atoms with Crippen molar-refractivity contribution in [2.24, 2.45) is 0 Å². The van der Waals surface area contributed by atoms with Gasteiger partial charge in [-0.25, -0.2) is 0 Å². The molecule has 0 saturated carbocycles. The molecule has 0 radical (unpaired) electrons. The van der Waals surface area contributed by atoms with E-state index in [4.69, 9.17) is 0 Å². The van der Waals surface area contributed by atoms with Crippen molar-refractivity contribution in [2.45, 2.75) is 44.6 Å². The SMILES string of the molecule is Cc1cccc(C(=O)N2CCC[C@]3(CCCC(=O)N3C)C2)c1. The van der Waals surface area contributed by atoms with E-state index in [1.807, 2.05) is 48.0 Å². The maximum Gasteiger partial charge on any atom is 0.253 e. The van der Waals surface area contributed by atoms with Crippen molar-refractivity contribution in [1.29, 1.82) is 0 Å². The zero-order chi connectivity index (χ0) is 15.7. The maximum absolute atomic E-state index is 12.8. The van der Waals surface area contributed by atoms with Crippen molar-refractivity contribution >= 4 is 11.8 Å². The van der Waals surface area contributed by atoms with Gasteiger partial charge in [-0.1, -0.05) is 17.7 Å². The summed E-state index contributed by atoms with van der Waals surface area (Å²) < 4.78 is 0. The van der Waals surface area contributed by atoms with Crippen molar-refractivity contribution in [2.75, 3.05) is 20.1 Å². The van der Waals surface area contributed by atoms with Crippen LogP contribution in [-0.4, -0.2) is 47.3 Å². The Hall–Kier alpha value is -1.84. The van der Waals surface area contributed by atoms with Crippen molar-refractivity contribution in [3.05, 3.63) is 35.4 Å². The highest BCUT2D eigenvalue weighted by atomic mass is 16.2. The Morgan fingerprint density at radius 1 is 1.23 bits per heavy atom. The van der Waals surface area contributed by atoms with Crippen LogP contribution in [0.5, 0.6) is 0 Å². The zero-order valence-corrected chi connectivity index (χ0v) is 13.5. The van der Waals surface area contributed by atoms with Crippen LogP contribution in [0.25, 0.3) is 0 Å². The van der Waals surface area contributed by atoms with Gasteiger partial charge in [0.1, 0.15) is 0 Å². The summed E-state index contributed by atoms with van der Waals surface area (Å²) in [6, 6.07) is 7.76. The Labute approximate surface area is 132 Å². The molecule has 2 saturated heterocycles. The lowest BCUT2D eigenvalue weighted by Crippen LogP contribution is -2.61. The first-order chi connectivity index (χ1) is 10.5. The lowest BCUT2D eigenvalue weighted by molar-refractivity contribution is -0.142. The maximum atomic E-state index is 12.8. The van der Waals surface area contributed by atoms with Crippen molar-refractivity contribution in [1.82, 2.24) is 9.80 Å². The predicted octanol–water partition coefficient (Wildman–Crippen LogP) is 2.61. The number of carbonyl (C=O) groups excluding carboxylic acids is 2. The molecule has 2 heterocycles. The van der Waals surface area contributed by atoms with Gasteiger partial charge in [0.15, 0.2) is 0 Å². The van der Waals surface area contributed by atoms with Crippen LogP contribution in [0.15, 0.2) is 24.3 Å². The summed E-state index contributed by atoms with van der Waals surface area (Å²) in [5, 5.41) is 0. The van der Waals surface area contributed by atoms with Crippen molar-refractivity contribution < 1.29 is 9.59 Å². The van der Waals surface area contributed by atoms with E-state index >= 15 is 0 Å². The molecule has 2 aliphatic rings. The molecular weight excluding hydrogens is 276 g/mol. The van der Waals surface area contributed by atoms with Gasteiger partial charge in [0.25, 0.3) is 5.91 Å². The second-order valence-corrected chi connectivity index (χ2v) is 6.73. The molecule has 1 spiro atoms. The third-order valence-electron chi connectivity index (χ3n) is 5.23. The van der Waals surface area contributed by atoms with Gasteiger partial charge in [-0.3, -0.25) is 9.59 Å². The molecule has 3 rings (SSSR count). The molecule has 0 aliphatic carbocycles. The fourth-order valence-electron chi connectivity index (χ4n) is 3.89. The van der Waals surface area contributed by atoms with Crippen LogP contribution < -0.4 is 0 Å². The van der Waals surface area contributed by atoms with Gasteiger partial charge in [0, 0.05) is 32.1 Å². The minimum Gasteiger partial charge on any atom is -0.338 e. The van der Waals surface area contributed by atoms with Crippen LogP contribution >= 0.6 is 0 Å². The number of amides is 2. The number of piperidine rings is 2. The number of nitrogens with zero attached hydrogens (tertiary/aromatic N) is 2. The summed E-state index contributed by atoms with van der Waals surface area (Å²) in [5.41, 5.74) is 1.71. The van der Waals surface area contributed by atoms with Crippen LogP contribution in [0.1, 0.15) is 48.0 Å². The molecule has 0 N–H and O–H groups in total. The summed E-state index contributed by atoms with van der Waals surface area (Å²) >= 11 is 0. The highest BCUT2D eigenvalue weighted by Gasteiger charge is 2.44. The van der Waals surface area contributed by atoms with E-state index in [1.54, 1.807) is 0 Å². The minimum atomic E-state index is -0.146. The fourth-order valence-corrected chi connectivity index (χ4v) is 3.89. The number of carbonyl (C=O) groups is 2. The second-order valence-electron chi connectivity index (χ2n) is 6.73. The minimum absolute atomic E-state index is 0.0918. The van der Waals surface area contributed by atoms with Crippen molar-refractivity contribution in [3.63, 3.8) is 0 Å². The van der Waals surface area contributed by atoms with Crippen LogP contribution in [0.4, 0.5) is 0 Å². The number of rotatable bonds is 1. The van der Waals surface area contributed by atoms with Gasteiger partial charge in [-0.05, 0) is 44.7 Å².